The van der Waals surface area contributed by atoms with Crippen molar-refractivity contribution in [3.05, 3.63) is 23.4 Å². The van der Waals surface area contributed by atoms with E-state index in [0.717, 1.165) is 44.3 Å². The van der Waals surface area contributed by atoms with Crippen LogP contribution in [0.1, 0.15) is 37.9 Å². The van der Waals surface area contributed by atoms with Crippen LogP contribution in [0.5, 0.6) is 0 Å². The molecule has 2 rings (SSSR count). The fourth-order valence-corrected chi connectivity index (χ4v) is 2.62. The highest BCUT2D eigenvalue weighted by molar-refractivity contribution is 5.41. The van der Waals surface area contributed by atoms with Gasteiger partial charge in [-0.25, -0.2) is 4.98 Å². The molecule has 0 amide bonds. The molecule has 0 aliphatic carbocycles. The Bertz CT molecular complexity index is 416. The molecule has 0 spiro atoms. The summed E-state index contributed by atoms with van der Waals surface area (Å²) < 4.78 is 5.73. The lowest BCUT2D eigenvalue weighted by atomic mass is 10.2. The number of likely N-dealkylation sites (N-methyl/N-ethyl adjacent to an activating group) is 1. The molecule has 4 nitrogen and oxygen atoms in total. The predicted octanol–water partition coefficient (Wildman–Crippen LogP) is 2.50. The van der Waals surface area contributed by atoms with Gasteiger partial charge in [0.1, 0.15) is 5.82 Å². The molecule has 1 unspecified atom stereocenters. The first-order chi connectivity index (χ1) is 9.74. The molecular formula is C16H27N3O. The molecule has 1 atom stereocenters. The maximum absolute atomic E-state index is 5.73. The van der Waals surface area contributed by atoms with Crippen LogP contribution < -0.4 is 10.2 Å². The van der Waals surface area contributed by atoms with E-state index in [1.165, 1.54) is 18.4 Å². The number of nitrogens with one attached hydrogen (secondary N) is 1. The summed E-state index contributed by atoms with van der Waals surface area (Å²) >= 11 is 0. The highest BCUT2D eigenvalue weighted by atomic mass is 16.5. The molecule has 1 aliphatic rings. The fourth-order valence-electron chi connectivity index (χ4n) is 2.62. The smallest absolute Gasteiger partial charge is 0.128 e. The minimum atomic E-state index is 0.374. The van der Waals surface area contributed by atoms with Crippen LogP contribution in [-0.2, 0) is 11.3 Å². The van der Waals surface area contributed by atoms with E-state index < -0.39 is 0 Å². The zero-order chi connectivity index (χ0) is 14.4. The van der Waals surface area contributed by atoms with E-state index in [0.29, 0.717) is 6.10 Å². The topological polar surface area (TPSA) is 37.4 Å². The van der Waals surface area contributed by atoms with Crippen molar-refractivity contribution in [3.8, 4) is 0 Å². The molecule has 0 aromatic carbocycles. The summed E-state index contributed by atoms with van der Waals surface area (Å²) in [4.78, 5) is 7.09. The van der Waals surface area contributed by atoms with E-state index in [1.807, 2.05) is 0 Å². The van der Waals surface area contributed by atoms with Crippen LogP contribution in [0.2, 0.25) is 0 Å². The maximum Gasteiger partial charge on any atom is 0.128 e. The van der Waals surface area contributed by atoms with Crippen LogP contribution in [0.4, 0.5) is 5.82 Å². The summed E-state index contributed by atoms with van der Waals surface area (Å²) in [7, 11) is 0. The minimum Gasteiger partial charge on any atom is -0.376 e. The highest BCUT2D eigenvalue weighted by Gasteiger charge is 2.19. The summed E-state index contributed by atoms with van der Waals surface area (Å²) in [5.41, 5.74) is 2.40. The lowest BCUT2D eigenvalue weighted by Gasteiger charge is -2.25. The highest BCUT2D eigenvalue weighted by Crippen LogP contribution is 2.19. The van der Waals surface area contributed by atoms with Crippen molar-refractivity contribution in [1.82, 2.24) is 10.3 Å². The van der Waals surface area contributed by atoms with Crippen molar-refractivity contribution in [2.45, 2.75) is 46.3 Å². The quantitative estimate of drug-likeness (QED) is 0.831. The van der Waals surface area contributed by atoms with E-state index in [-0.39, 0.29) is 0 Å². The third-order valence-corrected chi connectivity index (χ3v) is 3.90. The third kappa shape index (κ3) is 3.93. The normalized spacial score (nSPS) is 18.4. The van der Waals surface area contributed by atoms with Gasteiger partial charge in [0.15, 0.2) is 0 Å². The summed E-state index contributed by atoms with van der Waals surface area (Å²) in [6.07, 6.45) is 2.74. The second-order valence-electron chi connectivity index (χ2n) is 5.37. The number of ether oxygens (including phenoxy) is 1. The number of hydrogen-bond acceptors (Lipinski definition) is 4. The number of rotatable bonds is 7. The lowest BCUT2D eigenvalue weighted by molar-refractivity contribution is 0.115. The molecule has 1 aromatic heterocycles. The standard InChI is InChI=1S/C16H27N3O/c1-4-17-11-14-8-9-16(18-13(14)3)19(5-2)12-15-7-6-10-20-15/h8-9,15,17H,4-7,10-12H2,1-3H3. The number of aryl methyl sites for hydroxylation is 1. The summed E-state index contributed by atoms with van der Waals surface area (Å²) in [6.45, 7) is 11.1. The van der Waals surface area contributed by atoms with Crippen molar-refractivity contribution in [1.29, 1.82) is 0 Å². The van der Waals surface area contributed by atoms with Crippen LogP contribution in [-0.4, -0.2) is 37.3 Å². The number of nitrogens with zero attached hydrogens (tertiary/aromatic N) is 2. The molecule has 1 fully saturated rings. The van der Waals surface area contributed by atoms with Crippen molar-refractivity contribution < 1.29 is 4.74 Å². The van der Waals surface area contributed by atoms with Gasteiger partial charge in [-0.1, -0.05) is 13.0 Å². The zero-order valence-electron chi connectivity index (χ0n) is 13.0. The zero-order valence-corrected chi connectivity index (χ0v) is 13.0. The number of aromatic nitrogens is 1. The van der Waals surface area contributed by atoms with Crippen molar-refractivity contribution in [2.24, 2.45) is 0 Å². The molecule has 0 radical (unpaired) electrons. The first kappa shape index (κ1) is 15.3. The average molecular weight is 277 g/mol. The Labute approximate surface area is 122 Å². The van der Waals surface area contributed by atoms with Gasteiger partial charge in [0, 0.05) is 31.9 Å². The van der Waals surface area contributed by atoms with Crippen molar-refractivity contribution in [2.75, 3.05) is 31.1 Å². The SMILES string of the molecule is CCNCc1ccc(N(CC)CC2CCCO2)nc1C. The molecule has 2 heterocycles. The first-order valence-corrected chi connectivity index (χ1v) is 7.78. The Morgan fingerprint density at radius 3 is 2.85 bits per heavy atom. The first-order valence-electron chi connectivity index (χ1n) is 7.78. The Morgan fingerprint density at radius 2 is 2.25 bits per heavy atom. The average Bonchev–Trinajstić information content (AvgIpc) is 2.96. The van der Waals surface area contributed by atoms with Crippen LogP contribution in [0, 0.1) is 6.92 Å². The molecule has 1 aromatic rings. The summed E-state index contributed by atoms with van der Waals surface area (Å²) in [5, 5.41) is 3.35. The molecule has 4 heteroatoms. The summed E-state index contributed by atoms with van der Waals surface area (Å²) in [5.74, 6) is 1.07. The lowest BCUT2D eigenvalue weighted by Crippen LogP contribution is -2.32. The van der Waals surface area contributed by atoms with Gasteiger partial charge in [-0.3, -0.25) is 0 Å². The number of pyridine rings is 1. The Hall–Kier alpha value is -1.13. The van der Waals surface area contributed by atoms with E-state index in [2.05, 4.69) is 43.1 Å². The van der Waals surface area contributed by atoms with Gasteiger partial charge in [-0.2, -0.15) is 0 Å². The van der Waals surface area contributed by atoms with Gasteiger partial charge >= 0.3 is 0 Å². The van der Waals surface area contributed by atoms with Crippen molar-refractivity contribution >= 4 is 5.82 Å². The van der Waals surface area contributed by atoms with Crippen LogP contribution >= 0.6 is 0 Å². The fraction of sp³-hybridized carbons (Fsp3) is 0.688. The van der Waals surface area contributed by atoms with E-state index in [9.17, 15) is 0 Å². The maximum atomic E-state index is 5.73. The van der Waals surface area contributed by atoms with Gasteiger partial charge < -0.3 is 15.0 Å². The molecule has 1 aliphatic heterocycles. The minimum absolute atomic E-state index is 0.374. The summed E-state index contributed by atoms with van der Waals surface area (Å²) in [6, 6.07) is 4.33. The van der Waals surface area contributed by atoms with E-state index in [1.54, 1.807) is 0 Å². The number of hydrogen-bond donors (Lipinski definition) is 1. The molecule has 1 N–H and O–H groups in total. The Balaban J connectivity index is 2.03. The van der Waals surface area contributed by atoms with Gasteiger partial charge in [0.05, 0.1) is 6.10 Å². The van der Waals surface area contributed by atoms with E-state index in [4.69, 9.17) is 9.72 Å². The number of anilines is 1. The second-order valence-corrected chi connectivity index (χ2v) is 5.37. The van der Waals surface area contributed by atoms with E-state index >= 15 is 0 Å². The van der Waals surface area contributed by atoms with Gasteiger partial charge in [0.2, 0.25) is 0 Å². The molecule has 20 heavy (non-hydrogen) atoms. The van der Waals surface area contributed by atoms with Gasteiger partial charge in [-0.15, -0.1) is 0 Å². The van der Waals surface area contributed by atoms with Crippen LogP contribution in [0.15, 0.2) is 12.1 Å². The second kappa shape index (κ2) is 7.60. The van der Waals surface area contributed by atoms with Crippen LogP contribution in [0.25, 0.3) is 0 Å². The Morgan fingerprint density at radius 1 is 1.40 bits per heavy atom. The molecule has 1 saturated heterocycles. The monoisotopic (exact) mass is 277 g/mol. The molecule has 0 bridgehead atoms. The molecule has 112 valence electrons. The molecule has 0 saturated carbocycles. The largest absolute Gasteiger partial charge is 0.376 e. The molecular weight excluding hydrogens is 250 g/mol. The predicted molar refractivity (Wildman–Crippen MR) is 83.2 cm³/mol. The van der Waals surface area contributed by atoms with Crippen molar-refractivity contribution in [3.63, 3.8) is 0 Å². The van der Waals surface area contributed by atoms with Gasteiger partial charge in [0.25, 0.3) is 0 Å². The van der Waals surface area contributed by atoms with Crippen LogP contribution in [0.3, 0.4) is 0 Å². The third-order valence-electron chi connectivity index (χ3n) is 3.90. The van der Waals surface area contributed by atoms with Gasteiger partial charge in [-0.05, 0) is 44.9 Å². The Kier molecular flexibility index (Phi) is 5.80.